The highest BCUT2D eigenvalue weighted by Gasteiger charge is 2.20. The van der Waals surface area contributed by atoms with Gasteiger partial charge in [-0.3, -0.25) is 4.72 Å². The lowest BCUT2D eigenvalue weighted by molar-refractivity contribution is 0.403. The van der Waals surface area contributed by atoms with Crippen LogP contribution in [0.1, 0.15) is 11.3 Å². The van der Waals surface area contributed by atoms with Crippen molar-refractivity contribution in [1.82, 2.24) is 9.97 Å². The van der Waals surface area contributed by atoms with Crippen molar-refractivity contribution in [2.24, 2.45) is 0 Å². The van der Waals surface area contributed by atoms with Gasteiger partial charge in [-0.2, -0.15) is 4.98 Å². The maximum Gasteiger partial charge on any atom is 0.265 e. The average Bonchev–Trinajstić information content (AvgIpc) is 2.81. The molecule has 0 aliphatic carbocycles. The van der Waals surface area contributed by atoms with E-state index in [1.165, 1.54) is 24.8 Å². The van der Waals surface area contributed by atoms with Gasteiger partial charge in [0.25, 0.3) is 10.0 Å². The van der Waals surface area contributed by atoms with Crippen molar-refractivity contribution in [1.29, 1.82) is 0 Å². The molecule has 10 heteroatoms. The number of nitrogens with one attached hydrogen (secondary N) is 3. The summed E-state index contributed by atoms with van der Waals surface area (Å²) >= 11 is 5.98. The molecule has 0 spiro atoms. The Bertz CT molecular complexity index is 1440. The molecule has 3 N–H and O–H groups in total. The Labute approximate surface area is 209 Å². The molecule has 0 amide bonds. The zero-order valence-corrected chi connectivity index (χ0v) is 20.9. The Morgan fingerprint density at radius 3 is 2.11 bits per heavy atom. The summed E-state index contributed by atoms with van der Waals surface area (Å²) in [4.78, 5) is 8.91. The van der Waals surface area contributed by atoms with Gasteiger partial charge in [0.1, 0.15) is 16.5 Å². The summed E-state index contributed by atoms with van der Waals surface area (Å²) in [5.74, 6) is 1.27. The van der Waals surface area contributed by atoms with Crippen LogP contribution in [-0.4, -0.2) is 25.5 Å². The molecular weight excluding hydrogens is 486 g/mol. The van der Waals surface area contributed by atoms with Crippen LogP contribution in [0.5, 0.6) is 5.75 Å². The largest absolute Gasteiger partial charge is 0.495 e. The van der Waals surface area contributed by atoms with Crippen LogP contribution >= 0.6 is 11.6 Å². The molecule has 0 radical (unpaired) electrons. The Morgan fingerprint density at radius 1 is 0.800 bits per heavy atom. The lowest BCUT2D eigenvalue weighted by Crippen LogP contribution is -2.14. The molecule has 1 aromatic heterocycles. The third-order valence-corrected chi connectivity index (χ3v) is 6.62. The van der Waals surface area contributed by atoms with E-state index in [1.54, 1.807) is 30.3 Å². The second kappa shape index (κ2) is 10.2. The predicted octanol–water partition coefficient (Wildman–Crippen LogP) is 6.04. The summed E-state index contributed by atoms with van der Waals surface area (Å²) in [5, 5.41) is 6.72. The molecule has 0 aliphatic rings. The third kappa shape index (κ3) is 6.20. The molecule has 4 rings (SSSR count). The van der Waals surface area contributed by atoms with Gasteiger partial charge in [-0.05, 0) is 68.4 Å². The third-order valence-electron chi connectivity index (χ3n) is 4.99. The minimum Gasteiger partial charge on any atom is -0.495 e. The molecule has 0 saturated heterocycles. The van der Waals surface area contributed by atoms with Crippen molar-refractivity contribution in [3.63, 3.8) is 0 Å². The van der Waals surface area contributed by atoms with Crippen LogP contribution in [0.3, 0.4) is 0 Å². The van der Waals surface area contributed by atoms with Gasteiger partial charge in [0.2, 0.25) is 5.95 Å². The van der Waals surface area contributed by atoms with E-state index < -0.39 is 10.0 Å². The molecule has 180 valence electrons. The monoisotopic (exact) mass is 509 g/mol. The molecule has 1 heterocycles. The summed E-state index contributed by atoms with van der Waals surface area (Å²) in [5.41, 5.74) is 3.96. The summed E-state index contributed by atoms with van der Waals surface area (Å²) in [6, 6.07) is 21.0. The van der Waals surface area contributed by atoms with Gasteiger partial charge in [-0.25, -0.2) is 13.4 Å². The topological polar surface area (TPSA) is 105 Å². The standard InChI is InChI=1S/C25H24ClN5O3S/c1-16-4-7-19(8-5-16)28-24-14-17(2)27-25(30-24)29-20-9-11-21(12-10-20)31-35(32,33)23-15-18(26)6-13-22(23)34-3/h4-15,31H,1-3H3,(H2,27,28,29,30). The first-order valence-electron chi connectivity index (χ1n) is 10.6. The van der Waals surface area contributed by atoms with Crippen molar-refractivity contribution >= 4 is 50.5 Å². The molecule has 0 unspecified atom stereocenters. The minimum atomic E-state index is -3.91. The van der Waals surface area contributed by atoms with Crippen LogP contribution < -0.4 is 20.1 Å². The van der Waals surface area contributed by atoms with E-state index in [-0.39, 0.29) is 10.6 Å². The zero-order chi connectivity index (χ0) is 25.0. The SMILES string of the molecule is COc1ccc(Cl)cc1S(=O)(=O)Nc1ccc(Nc2nc(C)cc(Nc3ccc(C)cc3)n2)cc1. The number of hydrogen-bond acceptors (Lipinski definition) is 7. The van der Waals surface area contributed by atoms with Crippen molar-refractivity contribution in [3.8, 4) is 5.75 Å². The highest BCUT2D eigenvalue weighted by atomic mass is 35.5. The number of ether oxygens (including phenoxy) is 1. The number of aromatic nitrogens is 2. The summed E-state index contributed by atoms with van der Waals surface area (Å²) in [6.07, 6.45) is 0. The summed E-state index contributed by atoms with van der Waals surface area (Å²) in [7, 11) is -2.51. The molecule has 0 bridgehead atoms. The van der Waals surface area contributed by atoms with Gasteiger partial charge in [0.15, 0.2) is 0 Å². The van der Waals surface area contributed by atoms with Crippen LogP contribution in [0.4, 0.5) is 28.8 Å². The van der Waals surface area contributed by atoms with Crippen LogP contribution in [0.25, 0.3) is 0 Å². The molecule has 0 saturated carbocycles. The van der Waals surface area contributed by atoms with Gasteiger partial charge < -0.3 is 15.4 Å². The van der Waals surface area contributed by atoms with Crippen LogP contribution in [0.2, 0.25) is 5.02 Å². The Balaban J connectivity index is 1.48. The molecule has 0 atom stereocenters. The van der Waals surface area contributed by atoms with E-state index in [0.717, 1.165) is 11.4 Å². The van der Waals surface area contributed by atoms with Gasteiger partial charge in [-0.1, -0.05) is 29.3 Å². The quantitative estimate of drug-likeness (QED) is 0.266. The fraction of sp³-hybridized carbons (Fsp3) is 0.120. The smallest absolute Gasteiger partial charge is 0.265 e. The van der Waals surface area contributed by atoms with E-state index in [9.17, 15) is 8.42 Å². The Hall–Kier alpha value is -3.82. The average molecular weight is 510 g/mol. The Kier molecular flexibility index (Phi) is 7.09. The number of nitrogens with zero attached hydrogens (tertiary/aromatic N) is 2. The van der Waals surface area contributed by atoms with E-state index >= 15 is 0 Å². The number of rotatable bonds is 8. The normalized spacial score (nSPS) is 11.1. The highest BCUT2D eigenvalue weighted by molar-refractivity contribution is 7.92. The van der Waals surface area contributed by atoms with E-state index in [0.29, 0.717) is 28.2 Å². The van der Waals surface area contributed by atoms with Gasteiger partial charge in [0, 0.05) is 33.8 Å². The number of methoxy groups -OCH3 is 1. The molecule has 8 nitrogen and oxygen atoms in total. The fourth-order valence-electron chi connectivity index (χ4n) is 3.29. The molecule has 3 aromatic carbocycles. The second-order valence-electron chi connectivity index (χ2n) is 7.81. The van der Waals surface area contributed by atoms with Gasteiger partial charge >= 0.3 is 0 Å². The fourth-order valence-corrected chi connectivity index (χ4v) is 4.79. The molecule has 35 heavy (non-hydrogen) atoms. The number of aryl methyl sites for hydroxylation is 2. The molecular formula is C25H24ClN5O3S. The highest BCUT2D eigenvalue weighted by Crippen LogP contribution is 2.29. The summed E-state index contributed by atoms with van der Waals surface area (Å²) in [6.45, 7) is 3.92. The van der Waals surface area contributed by atoms with E-state index in [4.69, 9.17) is 16.3 Å². The lowest BCUT2D eigenvalue weighted by atomic mass is 10.2. The lowest BCUT2D eigenvalue weighted by Gasteiger charge is -2.13. The maximum absolute atomic E-state index is 12.9. The van der Waals surface area contributed by atoms with E-state index in [2.05, 4.69) is 25.3 Å². The number of anilines is 5. The number of halogens is 1. The van der Waals surface area contributed by atoms with Gasteiger partial charge in [0.05, 0.1) is 7.11 Å². The van der Waals surface area contributed by atoms with Crippen LogP contribution in [-0.2, 0) is 10.0 Å². The summed E-state index contributed by atoms with van der Waals surface area (Å²) < 4.78 is 33.4. The van der Waals surface area contributed by atoms with Crippen LogP contribution in [0, 0.1) is 13.8 Å². The van der Waals surface area contributed by atoms with E-state index in [1.807, 2.05) is 44.2 Å². The first kappa shape index (κ1) is 24.3. The maximum atomic E-state index is 12.9. The van der Waals surface area contributed by atoms with Gasteiger partial charge in [-0.15, -0.1) is 0 Å². The molecule has 0 aliphatic heterocycles. The van der Waals surface area contributed by atoms with Crippen molar-refractivity contribution < 1.29 is 13.2 Å². The first-order chi connectivity index (χ1) is 16.7. The second-order valence-corrected chi connectivity index (χ2v) is 9.90. The number of hydrogen-bond donors (Lipinski definition) is 3. The predicted molar refractivity (Wildman–Crippen MR) is 140 cm³/mol. The zero-order valence-electron chi connectivity index (χ0n) is 19.3. The van der Waals surface area contributed by atoms with Crippen molar-refractivity contribution in [2.75, 3.05) is 22.5 Å². The Morgan fingerprint density at radius 2 is 1.43 bits per heavy atom. The first-order valence-corrected chi connectivity index (χ1v) is 12.5. The minimum absolute atomic E-state index is 0.0449. The van der Waals surface area contributed by atoms with Crippen molar-refractivity contribution in [2.45, 2.75) is 18.7 Å². The van der Waals surface area contributed by atoms with Crippen LogP contribution in [0.15, 0.2) is 77.7 Å². The van der Waals surface area contributed by atoms with Crippen molar-refractivity contribution in [3.05, 3.63) is 89.1 Å². The molecule has 4 aromatic rings. The molecule has 0 fully saturated rings. The number of sulfonamides is 1. The number of benzene rings is 3.